The summed E-state index contributed by atoms with van der Waals surface area (Å²) in [4.78, 5) is 24.2. The first-order valence-electron chi connectivity index (χ1n) is 28.2. The Bertz CT molecular complexity index is 902. The van der Waals surface area contributed by atoms with Crippen LogP contribution in [0.2, 0.25) is 0 Å². The van der Waals surface area contributed by atoms with Crippen molar-refractivity contribution in [2.75, 3.05) is 13.2 Å². The smallest absolute Gasteiger partial charge is 0.306 e. The minimum absolute atomic E-state index is 0.0589. The summed E-state index contributed by atoms with van der Waals surface area (Å²) in [5, 5.41) is 9.55. The normalized spacial score (nSPS) is 12.1. The molecule has 0 amide bonds. The number of esters is 2. The molecule has 0 radical (unpaired) electrons. The van der Waals surface area contributed by atoms with Crippen LogP contribution in [0.25, 0.3) is 0 Å². The second kappa shape index (κ2) is 54.0. The lowest BCUT2D eigenvalue weighted by Gasteiger charge is -2.15. The van der Waals surface area contributed by atoms with Crippen molar-refractivity contribution in [1.29, 1.82) is 0 Å². The SMILES string of the molecule is CCCCCCCCCC/C=C\CCCCCCCCCCCCCCCCCCCCCCCCCCCCCCCC(=O)OC(CO)COC(=O)CCCCCCCCC. The minimum atomic E-state index is -0.762. The van der Waals surface area contributed by atoms with Gasteiger partial charge < -0.3 is 14.6 Å². The van der Waals surface area contributed by atoms with E-state index in [2.05, 4.69) is 26.0 Å². The molecule has 0 saturated heterocycles. The van der Waals surface area contributed by atoms with E-state index in [1.165, 1.54) is 257 Å². The van der Waals surface area contributed by atoms with Crippen molar-refractivity contribution in [2.24, 2.45) is 0 Å². The van der Waals surface area contributed by atoms with Crippen molar-refractivity contribution >= 4 is 11.9 Å². The Morgan fingerprint density at radius 2 is 0.597 bits per heavy atom. The molecule has 1 N–H and O–H groups in total. The molecule has 0 aliphatic rings. The van der Waals surface area contributed by atoms with Crippen LogP contribution in [0.1, 0.15) is 322 Å². The predicted molar refractivity (Wildman–Crippen MR) is 270 cm³/mol. The van der Waals surface area contributed by atoms with Crippen molar-refractivity contribution in [1.82, 2.24) is 0 Å². The predicted octanol–water partition coefficient (Wildman–Crippen LogP) is 18.8. The molecular formula is C57H110O5. The van der Waals surface area contributed by atoms with Crippen LogP contribution in [0.4, 0.5) is 0 Å². The van der Waals surface area contributed by atoms with Gasteiger partial charge in [-0.25, -0.2) is 0 Å². The van der Waals surface area contributed by atoms with Crippen molar-refractivity contribution in [3.8, 4) is 0 Å². The van der Waals surface area contributed by atoms with Gasteiger partial charge in [-0.3, -0.25) is 9.59 Å². The number of carbonyl (C=O) groups excluding carboxylic acids is 2. The molecule has 0 aliphatic heterocycles. The number of ether oxygens (including phenoxy) is 2. The van der Waals surface area contributed by atoms with Crippen LogP contribution >= 0.6 is 0 Å². The van der Waals surface area contributed by atoms with Crippen LogP contribution in [0, 0.1) is 0 Å². The maximum Gasteiger partial charge on any atom is 0.306 e. The van der Waals surface area contributed by atoms with Gasteiger partial charge in [0, 0.05) is 12.8 Å². The maximum absolute atomic E-state index is 12.2. The molecule has 5 nitrogen and oxygen atoms in total. The summed E-state index contributed by atoms with van der Waals surface area (Å²) in [6, 6.07) is 0. The summed E-state index contributed by atoms with van der Waals surface area (Å²) < 4.78 is 10.6. The molecule has 0 bridgehead atoms. The lowest BCUT2D eigenvalue weighted by atomic mass is 10.0. The Kier molecular flexibility index (Phi) is 52.8. The average molecular weight is 876 g/mol. The van der Waals surface area contributed by atoms with Crippen LogP contribution in [0.15, 0.2) is 12.2 Å². The van der Waals surface area contributed by atoms with Gasteiger partial charge in [0.2, 0.25) is 0 Å². The molecule has 5 heteroatoms. The molecule has 0 spiro atoms. The molecule has 0 aliphatic carbocycles. The summed E-state index contributed by atoms with van der Waals surface area (Å²) >= 11 is 0. The van der Waals surface area contributed by atoms with Crippen molar-refractivity contribution in [3.05, 3.63) is 12.2 Å². The number of aliphatic hydroxyl groups is 1. The fraction of sp³-hybridized carbons (Fsp3) is 0.930. The van der Waals surface area contributed by atoms with Crippen LogP contribution in [-0.2, 0) is 19.1 Å². The van der Waals surface area contributed by atoms with Gasteiger partial charge in [0.25, 0.3) is 0 Å². The topological polar surface area (TPSA) is 72.8 Å². The highest BCUT2D eigenvalue weighted by Gasteiger charge is 2.16. The van der Waals surface area contributed by atoms with Crippen molar-refractivity contribution < 1.29 is 24.2 Å². The quantitative estimate of drug-likeness (QED) is 0.0374. The standard InChI is InChI=1S/C57H110O5/c1-3-5-7-9-11-12-13-14-15-16-17-18-19-20-21-22-23-24-25-26-27-28-29-30-31-32-33-34-35-36-37-38-39-40-41-42-43-44-46-48-50-52-57(60)62-55(53-58)54-61-56(59)51-49-47-45-10-8-6-4-2/h16-17,55,58H,3-15,18-54H2,1-2H3/b17-16-. The Morgan fingerprint density at radius 3 is 0.871 bits per heavy atom. The number of rotatable bonds is 53. The van der Waals surface area contributed by atoms with E-state index in [1.54, 1.807) is 0 Å². The Labute approximate surface area is 388 Å². The molecule has 0 rings (SSSR count). The molecule has 1 unspecified atom stereocenters. The Hall–Kier alpha value is -1.36. The zero-order valence-electron chi connectivity index (χ0n) is 42.2. The van der Waals surface area contributed by atoms with Crippen LogP contribution < -0.4 is 0 Å². The molecular weight excluding hydrogens is 765 g/mol. The highest BCUT2D eigenvalue weighted by molar-refractivity contribution is 5.70. The summed E-state index contributed by atoms with van der Waals surface area (Å²) in [5.41, 5.74) is 0. The fourth-order valence-electron chi connectivity index (χ4n) is 8.79. The van der Waals surface area contributed by atoms with Gasteiger partial charge in [0.05, 0.1) is 6.61 Å². The molecule has 62 heavy (non-hydrogen) atoms. The molecule has 0 aromatic rings. The van der Waals surface area contributed by atoms with E-state index in [-0.39, 0.29) is 25.2 Å². The van der Waals surface area contributed by atoms with Crippen molar-refractivity contribution in [3.63, 3.8) is 0 Å². The number of aliphatic hydroxyl groups excluding tert-OH is 1. The van der Waals surface area contributed by atoms with E-state index in [4.69, 9.17) is 9.47 Å². The van der Waals surface area contributed by atoms with Gasteiger partial charge in [-0.15, -0.1) is 0 Å². The van der Waals surface area contributed by atoms with E-state index in [0.29, 0.717) is 12.8 Å². The van der Waals surface area contributed by atoms with Gasteiger partial charge in [0.1, 0.15) is 6.61 Å². The maximum atomic E-state index is 12.2. The summed E-state index contributed by atoms with van der Waals surface area (Å²) in [7, 11) is 0. The monoisotopic (exact) mass is 875 g/mol. The highest BCUT2D eigenvalue weighted by Crippen LogP contribution is 2.18. The minimum Gasteiger partial charge on any atom is -0.462 e. The molecule has 1 atom stereocenters. The number of hydrogen-bond donors (Lipinski definition) is 1. The number of carbonyl (C=O) groups is 2. The van der Waals surface area contributed by atoms with E-state index in [1.807, 2.05) is 0 Å². The second-order valence-electron chi connectivity index (χ2n) is 19.4. The third-order valence-corrected chi connectivity index (χ3v) is 13.1. The van der Waals surface area contributed by atoms with Crippen LogP contribution in [0.5, 0.6) is 0 Å². The van der Waals surface area contributed by atoms with E-state index in [0.717, 1.165) is 38.5 Å². The first-order valence-corrected chi connectivity index (χ1v) is 28.2. The van der Waals surface area contributed by atoms with Gasteiger partial charge in [-0.1, -0.05) is 283 Å². The highest BCUT2D eigenvalue weighted by atomic mass is 16.6. The van der Waals surface area contributed by atoms with E-state index in [9.17, 15) is 14.7 Å². The average Bonchev–Trinajstić information content (AvgIpc) is 3.28. The summed E-state index contributed by atoms with van der Waals surface area (Å²) in [6.07, 6.45) is 66.8. The third-order valence-electron chi connectivity index (χ3n) is 13.1. The Morgan fingerprint density at radius 1 is 0.355 bits per heavy atom. The van der Waals surface area contributed by atoms with Crippen molar-refractivity contribution in [2.45, 2.75) is 328 Å². The van der Waals surface area contributed by atoms with Gasteiger partial charge in [0.15, 0.2) is 6.10 Å². The first-order chi connectivity index (χ1) is 30.6. The molecule has 0 aromatic carbocycles. The van der Waals surface area contributed by atoms with Gasteiger partial charge >= 0.3 is 11.9 Å². The van der Waals surface area contributed by atoms with Crippen LogP contribution in [0.3, 0.4) is 0 Å². The van der Waals surface area contributed by atoms with Gasteiger partial charge in [-0.05, 0) is 38.5 Å². The van der Waals surface area contributed by atoms with E-state index < -0.39 is 6.10 Å². The molecule has 368 valence electrons. The zero-order valence-corrected chi connectivity index (χ0v) is 42.2. The number of allylic oxidation sites excluding steroid dienone is 2. The summed E-state index contributed by atoms with van der Waals surface area (Å²) in [5.74, 6) is -0.581. The zero-order chi connectivity index (χ0) is 44.9. The molecule has 0 aromatic heterocycles. The lowest BCUT2D eigenvalue weighted by Crippen LogP contribution is -2.28. The van der Waals surface area contributed by atoms with Gasteiger partial charge in [-0.2, -0.15) is 0 Å². The van der Waals surface area contributed by atoms with E-state index >= 15 is 0 Å². The molecule has 0 saturated carbocycles. The Balaban J connectivity index is 3.28. The molecule has 0 heterocycles. The summed E-state index contributed by atoms with van der Waals surface area (Å²) in [6.45, 7) is 4.12. The lowest BCUT2D eigenvalue weighted by molar-refractivity contribution is -0.161. The number of hydrogen-bond acceptors (Lipinski definition) is 5. The van der Waals surface area contributed by atoms with Crippen LogP contribution in [-0.4, -0.2) is 36.4 Å². The fourth-order valence-corrected chi connectivity index (χ4v) is 8.79. The third kappa shape index (κ3) is 51.3. The largest absolute Gasteiger partial charge is 0.462 e. The molecule has 0 fully saturated rings. The number of unbranched alkanes of at least 4 members (excludes halogenated alkanes) is 43. The first kappa shape index (κ1) is 60.6. The second-order valence-corrected chi connectivity index (χ2v) is 19.4.